The van der Waals surface area contributed by atoms with Crippen molar-refractivity contribution >= 4 is 17.5 Å². The molecule has 4 heteroatoms. The predicted octanol–water partition coefficient (Wildman–Crippen LogP) is 6.30. The number of methoxy groups -OCH3 is 1. The fraction of sp³-hybridized carbons (Fsp3) is 0.483. The Kier molecular flexibility index (Phi) is 6.30. The lowest BCUT2D eigenvalue weighted by Crippen LogP contribution is -2.27. The predicted molar refractivity (Wildman–Crippen MR) is 129 cm³/mol. The van der Waals surface area contributed by atoms with E-state index in [-0.39, 0.29) is 28.4 Å². The summed E-state index contributed by atoms with van der Waals surface area (Å²) >= 11 is 0. The lowest BCUT2D eigenvalue weighted by Gasteiger charge is -2.35. The molecule has 2 aromatic carbocycles. The number of carbonyl (C=O) groups is 3. The minimum atomic E-state index is -0.230. The first kappa shape index (κ1) is 23.4. The highest BCUT2D eigenvalue weighted by Crippen LogP contribution is 2.41. The molecular formula is C29H34O4. The summed E-state index contributed by atoms with van der Waals surface area (Å²) in [5.74, 6) is -0.349. The second-order valence-corrected chi connectivity index (χ2v) is 10.6. The third-order valence-electron chi connectivity index (χ3n) is 7.86. The molecule has 0 amide bonds. The van der Waals surface area contributed by atoms with Gasteiger partial charge in [0.1, 0.15) is 0 Å². The van der Waals surface area contributed by atoms with E-state index in [1.807, 2.05) is 30.3 Å². The van der Waals surface area contributed by atoms with Crippen LogP contribution in [0.15, 0.2) is 36.4 Å². The number of fused-ring (bicyclic) bond motifs is 2. The van der Waals surface area contributed by atoms with Gasteiger partial charge in [0.2, 0.25) is 0 Å². The Morgan fingerprint density at radius 3 is 2.15 bits per heavy atom. The number of carbonyl (C=O) groups excluding carboxylic acids is 3. The summed E-state index contributed by atoms with van der Waals surface area (Å²) in [5, 5.41) is 0. The van der Waals surface area contributed by atoms with Gasteiger partial charge in [0, 0.05) is 28.7 Å². The summed E-state index contributed by atoms with van der Waals surface area (Å²) in [6, 6.07) is 11.6. The summed E-state index contributed by atoms with van der Waals surface area (Å²) in [6.07, 6.45) is 7.79. The van der Waals surface area contributed by atoms with E-state index >= 15 is 0 Å². The van der Waals surface area contributed by atoms with Crippen molar-refractivity contribution in [3.63, 3.8) is 0 Å². The van der Waals surface area contributed by atoms with E-state index in [0.29, 0.717) is 35.1 Å². The Hall–Kier alpha value is -2.75. The summed E-state index contributed by atoms with van der Waals surface area (Å²) in [6.45, 7) is 6.49. The van der Waals surface area contributed by atoms with Crippen LogP contribution in [0.4, 0.5) is 0 Å². The lowest BCUT2D eigenvalue weighted by molar-refractivity contribution is -0.140. The minimum Gasteiger partial charge on any atom is -0.469 e. The largest absolute Gasteiger partial charge is 0.469 e. The van der Waals surface area contributed by atoms with Crippen LogP contribution in [-0.2, 0) is 20.4 Å². The minimum absolute atomic E-state index is 0.0593. The van der Waals surface area contributed by atoms with Crippen molar-refractivity contribution in [1.82, 2.24) is 0 Å². The number of esters is 1. The van der Waals surface area contributed by atoms with Crippen molar-refractivity contribution in [3.05, 3.63) is 69.8 Å². The van der Waals surface area contributed by atoms with Gasteiger partial charge in [-0.2, -0.15) is 0 Å². The van der Waals surface area contributed by atoms with Crippen LogP contribution in [0.1, 0.15) is 115 Å². The Balaban J connectivity index is 1.63. The van der Waals surface area contributed by atoms with E-state index < -0.39 is 0 Å². The molecule has 0 saturated heterocycles. The molecule has 4 nitrogen and oxygen atoms in total. The normalized spacial score (nSPS) is 17.3. The number of rotatable bonds is 6. The van der Waals surface area contributed by atoms with Gasteiger partial charge < -0.3 is 4.74 Å². The smallest absolute Gasteiger partial charge is 0.305 e. The highest BCUT2D eigenvalue weighted by Gasteiger charge is 2.35. The summed E-state index contributed by atoms with van der Waals surface area (Å²) in [4.78, 5) is 38.3. The molecule has 0 atom stereocenters. The molecule has 2 aliphatic carbocycles. The molecule has 1 fully saturated rings. The molecule has 2 aliphatic rings. The standard InChI is InChI=1S/C29H34O4/c1-28(2,14-8-9-25(30)33-4)19-10-12-21-23(17-19)26(31)22-13-11-20(18-24(22)27(21)32)29(3)15-6-5-7-16-29/h10-13,17-18H,5-9,14-16H2,1-4H3. The van der Waals surface area contributed by atoms with Crippen LogP contribution in [0.3, 0.4) is 0 Å². The third kappa shape index (κ3) is 4.40. The van der Waals surface area contributed by atoms with Crippen molar-refractivity contribution in [2.45, 2.75) is 83.0 Å². The van der Waals surface area contributed by atoms with Gasteiger partial charge in [-0.3, -0.25) is 14.4 Å². The number of hydrogen-bond acceptors (Lipinski definition) is 4. The Labute approximate surface area is 196 Å². The van der Waals surface area contributed by atoms with Gasteiger partial charge in [-0.05, 0) is 71.9 Å². The third-order valence-corrected chi connectivity index (χ3v) is 7.86. The Morgan fingerprint density at radius 2 is 1.52 bits per heavy atom. The Morgan fingerprint density at radius 1 is 0.909 bits per heavy atom. The molecule has 4 rings (SSSR count). The van der Waals surface area contributed by atoms with Crippen LogP contribution in [0.2, 0.25) is 0 Å². The van der Waals surface area contributed by atoms with Crippen molar-refractivity contribution in [2.75, 3.05) is 7.11 Å². The maximum absolute atomic E-state index is 13.4. The average molecular weight is 447 g/mol. The van der Waals surface area contributed by atoms with Gasteiger partial charge in [0.25, 0.3) is 0 Å². The van der Waals surface area contributed by atoms with Gasteiger partial charge >= 0.3 is 5.97 Å². The quantitative estimate of drug-likeness (QED) is 0.417. The summed E-state index contributed by atoms with van der Waals surface area (Å²) in [7, 11) is 1.40. The van der Waals surface area contributed by atoms with Crippen molar-refractivity contribution in [2.24, 2.45) is 0 Å². The topological polar surface area (TPSA) is 60.4 Å². The fourth-order valence-electron chi connectivity index (χ4n) is 5.49. The molecule has 0 N–H and O–H groups in total. The highest BCUT2D eigenvalue weighted by molar-refractivity contribution is 6.28. The molecule has 33 heavy (non-hydrogen) atoms. The molecule has 174 valence electrons. The van der Waals surface area contributed by atoms with Gasteiger partial charge in [-0.15, -0.1) is 0 Å². The van der Waals surface area contributed by atoms with Crippen LogP contribution in [-0.4, -0.2) is 24.6 Å². The molecule has 1 saturated carbocycles. The van der Waals surface area contributed by atoms with E-state index in [1.54, 1.807) is 0 Å². The second-order valence-electron chi connectivity index (χ2n) is 10.6. The van der Waals surface area contributed by atoms with E-state index in [0.717, 1.165) is 24.8 Å². The molecule has 0 heterocycles. The summed E-state index contributed by atoms with van der Waals surface area (Å²) in [5.41, 5.74) is 4.06. The molecule has 0 bridgehead atoms. The number of hydrogen-bond donors (Lipinski definition) is 0. The van der Waals surface area contributed by atoms with E-state index in [2.05, 4.69) is 26.8 Å². The van der Waals surface area contributed by atoms with E-state index in [4.69, 9.17) is 4.74 Å². The van der Waals surface area contributed by atoms with Gasteiger partial charge in [-0.1, -0.05) is 52.2 Å². The molecule has 2 aromatic rings. The van der Waals surface area contributed by atoms with Crippen LogP contribution in [0.25, 0.3) is 0 Å². The lowest BCUT2D eigenvalue weighted by atomic mass is 9.69. The van der Waals surface area contributed by atoms with Crippen molar-refractivity contribution < 1.29 is 19.1 Å². The average Bonchev–Trinajstić information content (AvgIpc) is 2.82. The summed E-state index contributed by atoms with van der Waals surface area (Å²) < 4.78 is 4.74. The van der Waals surface area contributed by atoms with E-state index in [1.165, 1.54) is 31.9 Å². The van der Waals surface area contributed by atoms with Crippen LogP contribution < -0.4 is 0 Å². The molecule has 0 unspecified atom stereocenters. The number of ketones is 2. The van der Waals surface area contributed by atoms with Gasteiger partial charge in [0.15, 0.2) is 11.6 Å². The zero-order valence-electron chi connectivity index (χ0n) is 20.3. The second kappa shape index (κ2) is 8.89. The Bertz CT molecular complexity index is 1100. The number of benzene rings is 2. The first-order valence-corrected chi connectivity index (χ1v) is 12.1. The first-order chi connectivity index (χ1) is 15.7. The number of ether oxygens (including phenoxy) is 1. The maximum Gasteiger partial charge on any atom is 0.305 e. The first-order valence-electron chi connectivity index (χ1n) is 12.1. The van der Waals surface area contributed by atoms with Gasteiger partial charge in [-0.25, -0.2) is 0 Å². The molecular weight excluding hydrogens is 412 g/mol. The zero-order chi connectivity index (χ0) is 23.8. The maximum atomic E-state index is 13.4. The van der Waals surface area contributed by atoms with Crippen LogP contribution in [0, 0.1) is 0 Å². The SMILES string of the molecule is COC(=O)CCCC(C)(C)c1ccc2c(c1)C(=O)c1ccc(C3(C)CCCCC3)cc1C2=O. The van der Waals surface area contributed by atoms with Gasteiger partial charge in [0.05, 0.1) is 7.11 Å². The monoisotopic (exact) mass is 446 g/mol. The van der Waals surface area contributed by atoms with Crippen molar-refractivity contribution in [3.8, 4) is 0 Å². The van der Waals surface area contributed by atoms with Crippen LogP contribution >= 0.6 is 0 Å². The highest BCUT2D eigenvalue weighted by atomic mass is 16.5. The fourth-order valence-corrected chi connectivity index (χ4v) is 5.49. The molecule has 0 radical (unpaired) electrons. The van der Waals surface area contributed by atoms with E-state index in [9.17, 15) is 14.4 Å². The molecule has 0 aliphatic heterocycles. The molecule has 0 aromatic heterocycles. The zero-order valence-corrected chi connectivity index (χ0v) is 20.3. The van der Waals surface area contributed by atoms with Crippen molar-refractivity contribution in [1.29, 1.82) is 0 Å². The van der Waals surface area contributed by atoms with Crippen LogP contribution in [0.5, 0.6) is 0 Å². The molecule has 0 spiro atoms.